The minimum Gasteiger partial charge on any atom is -0.467 e. The van der Waals surface area contributed by atoms with Crippen molar-refractivity contribution >= 4 is 23.8 Å². The molecule has 0 spiro atoms. The number of hydrogen-bond acceptors (Lipinski definition) is 6. The van der Waals surface area contributed by atoms with Gasteiger partial charge in [0.1, 0.15) is 13.2 Å². The molecule has 8 nitrogen and oxygen atoms in total. The van der Waals surface area contributed by atoms with Crippen molar-refractivity contribution in [2.75, 3.05) is 13.7 Å². The molecule has 0 aliphatic heterocycles. The first-order valence-corrected chi connectivity index (χ1v) is 6.76. The quantitative estimate of drug-likeness (QED) is 0.546. The van der Waals surface area contributed by atoms with Crippen molar-refractivity contribution < 1.29 is 28.7 Å². The van der Waals surface area contributed by atoms with Gasteiger partial charge in [0, 0.05) is 0 Å². The highest BCUT2D eigenvalue weighted by Gasteiger charge is 2.26. The highest BCUT2D eigenvalue weighted by molar-refractivity contribution is 6.05. The second kappa shape index (κ2) is 9.19. The van der Waals surface area contributed by atoms with Crippen molar-refractivity contribution in [2.24, 2.45) is 0 Å². The number of ketones is 1. The van der Waals surface area contributed by atoms with Gasteiger partial charge >= 0.3 is 12.1 Å². The zero-order chi connectivity index (χ0) is 17.2. The molecular weight excluding hydrogens is 304 g/mol. The van der Waals surface area contributed by atoms with Gasteiger partial charge < -0.3 is 20.1 Å². The monoisotopic (exact) mass is 322 g/mol. The highest BCUT2D eigenvalue weighted by Crippen LogP contribution is 2.00. The van der Waals surface area contributed by atoms with Gasteiger partial charge in [-0.1, -0.05) is 30.3 Å². The largest absolute Gasteiger partial charge is 0.467 e. The Balaban J connectivity index is 2.35. The number of alkyl carbamates (subject to hydrolysis) is 1. The molecule has 8 heteroatoms. The molecule has 1 rings (SSSR count). The smallest absolute Gasteiger partial charge is 0.407 e. The average Bonchev–Trinajstić information content (AvgIpc) is 2.55. The van der Waals surface area contributed by atoms with Crippen molar-refractivity contribution in [1.29, 1.82) is 0 Å². The van der Waals surface area contributed by atoms with Crippen molar-refractivity contribution in [3.8, 4) is 0 Å². The first-order chi connectivity index (χ1) is 10.9. The van der Waals surface area contributed by atoms with E-state index in [1.165, 1.54) is 0 Å². The summed E-state index contributed by atoms with van der Waals surface area (Å²) < 4.78 is 9.31. The van der Waals surface area contributed by atoms with Crippen LogP contribution in [-0.4, -0.2) is 43.4 Å². The summed E-state index contributed by atoms with van der Waals surface area (Å²) in [6, 6.07) is 7.62. The SMILES string of the molecule is COC(=O)[C@@H](NC(=O)CNC(=O)OCc1ccccc1)C(C)=O. The maximum absolute atomic E-state index is 11.6. The van der Waals surface area contributed by atoms with Crippen molar-refractivity contribution in [3.05, 3.63) is 35.9 Å². The minimum atomic E-state index is -1.39. The van der Waals surface area contributed by atoms with Crippen LogP contribution in [0.15, 0.2) is 30.3 Å². The molecule has 0 radical (unpaired) electrons. The zero-order valence-electron chi connectivity index (χ0n) is 12.8. The maximum Gasteiger partial charge on any atom is 0.407 e. The number of benzene rings is 1. The Hall–Kier alpha value is -2.90. The fourth-order valence-electron chi connectivity index (χ4n) is 1.58. The van der Waals surface area contributed by atoms with Crippen LogP contribution in [0, 0.1) is 0 Å². The predicted octanol–water partition coefficient (Wildman–Crippen LogP) is 0.160. The second-order valence-electron chi connectivity index (χ2n) is 4.55. The van der Waals surface area contributed by atoms with Gasteiger partial charge in [-0.2, -0.15) is 0 Å². The van der Waals surface area contributed by atoms with Crippen LogP contribution in [0.25, 0.3) is 0 Å². The molecule has 0 aromatic heterocycles. The third-order valence-corrected chi connectivity index (χ3v) is 2.75. The Morgan fingerprint density at radius 1 is 1.13 bits per heavy atom. The van der Waals surface area contributed by atoms with Gasteiger partial charge in [-0.3, -0.25) is 9.59 Å². The molecule has 0 heterocycles. The summed E-state index contributed by atoms with van der Waals surface area (Å²) in [7, 11) is 1.10. The molecule has 2 amide bonds. The lowest BCUT2D eigenvalue weighted by atomic mass is 10.2. The molecule has 0 saturated carbocycles. The Morgan fingerprint density at radius 3 is 2.35 bits per heavy atom. The number of esters is 1. The summed E-state index contributed by atoms with van der Waals surface area (Å²) in [6.45, 7) is 0.768. The highest BCUT2D eigenvalue weighted by atomic mass is 16.5. The molecule has 0 fully saturated rings. The van der Waals surface area contributed by atoms with Gasteiger partial charge in [0.15, 0.2) is 11.8 Å². The predicted molar refractivity (Wildman–Crippen MR) is 79.3 cm³/mol. The van der Waals surface area contributed by atoms with Crippen LogP contribution in [0.4, 0.5) is 4.79 Å². The number of carbonyl (C=O) groups excluding carboxylic acids is 4. The summed E-state index contributed by atoms with van der Waals surface area (Å²) in [6.07, 6.45) is -0.790. The maximum atomic E-state index is 11.6. The number of methoxy groups -OCH3 is 1. The van der Waals surface area contributed by atoms with Gasteiger partial charge in [0.05, 0.1) is 7.11 Å². The number of ether oxygens (including phenoxy) is 2. The van der Waals surface area contributed by atoms with E-state index in [0.717, 1.165) is 19.6 Å². The molecule has 1 aromatic carbocycles. The van der Waals surface area contributed by atoms with E-state index >= 15 is 0 Å². The summed E-state index contributed by atoms with van der Waals surface area (Å²) in [5.41, 5.74) is 0.800. The molecule has 0 bridgehead atoms. The average molecular weight is 322 g/mol. The normalized spacial score (nSPS) is 11.0. The van der Waals surface area contributed by atoms with Crippen LogP contribution in [0.2, 0.25) is 0 Å². The van der Waals surface area contributed by atoms with Crippen LogP contribution < -0.4 is 10.6 Å². The first kappa shape index (κ1) is 18.1. The van der Waals surface area contributed by atoms with Crippen LogP contribution >= 0.6 is 0 Å². The molecule has 0 aliphatic rings. The first-order valence-electron chi connectivity index (χ1n) is 6.76. The molecule has 124 valence electrons. The van der Waals surface area contributed by atoms with Crippen LogP contribution in [0.3, 0.4) is 0 Å². The van der Waals surface area contributed by atoms with E-state index in [-0.39, 0.29) is 6.61 Å². The lowest BCUT2D eigenvalue weighted by Gasteiger charge is -2.13. The zero-order valence-corrected chi connectivity index (χ0v) is 12.8. The minimum absolute atomic E-state index is 0.0620. The molecule has 1 atom stereocenters. The standard InChI is InChI=1S/C15H18N2O6/c1-10(18)13(14(20)22-2)17-12(19)8-16-15(21)23-9-11-6-4-3-5-7-11/h3-7,13H,8-9H2,1-2H3,(H,16,21)(H,17,19)/t13-/m0/s1. The third-order valence-electron chi connectivity index (χ3n) is 2.75. The van der Waals surface area contributed by atoms with E-state index in [0.29, 0.717) is 0 Å². The number of hydrogen-bond donors (Lipinski definition) is 2. The van der Waals surface area contributed by atoms with E-state index in [9.17, 15) is 19.2 Å². The lowest BCUT2D eigenvalue weighted by Crippen LogP contribution is -2.49. The van der Waals surface area contributed by atoms with E-state index in [1.54, 1.807) is 24.3 Å². The van der Waals surface area contributed by atoms with Gasteiger partial charge in [-0.25, -0.2) is 9.59 Å². The Morgan fingerprint density at radius 2 is 1.78 bits per heavy atom. The molecule has 0 saturated heterocycles. The number of Topliss-reactive ketones (excluding diaryl/α,β-unsaturated/α-hetero) is 1. The number of carbonyl (C=O) groups is 4. The van der Waals surface area contributed by atoms with Crippen LogP contribution in [0.1, 0.15) is 12.5 Å². The van der Waals surface area contributed by atoms with Gasteiger partial charge in [0.2, 0.25) is 5.91 Å². The molecule has 0 unspecified atom stereocenters. The summed E-state index contributed by atoms with van der Waals surface area (Å²) >= 11 is 0. The van der Waals surface area contributed by atoms with Gasteiger partial charge in [0.25, 0.3) is 0 Å². The van der Waals surface area contributed by atoms with Gasteiger partial charge in [-0.05, 0) is 12.5 Å². The fourth-order valence-corrected chi connectivity index (χ4v) is 1.58. The number of nitrogens with one attached hydrogen (secondary N) is 2. The van der Waals surface area contributed by atoms with Gasteiger partial charge in [-0.15, -0.1) is 0 Å². The van der Waals surface area contributed by atoms with Crippen molar-refractivity contribution in [3.63, 3.8) is 0 Å². The lowest BCUT2D eigenvalue weighted by molar-refractivity contribution is -0.148. The van der Waals surface area contributed by atoms with E-state index in [4.69, 9.17) is 4.74 Å². The molecule has 2 N–H and O–H groups in total. The summed E-state index contributed by atoms with van der Waals surface area (Å²) in [5, 5.41) is 4.38. The van der Waals surface area contributed by atoms with E-state index in [1.807, 2.05) is 6.07 Å². The molecular formula is C15H18N2O6. The van der Waals surface area contributed by atoms with Crippen LogP contribution in [0.5, 0.6) is 0 Å². The second-order valence-corrected chi connectivity index (χ2v) is 4.55. The fraction of sp³-hybridized carbons (Fsp3) is 0.333. The Bertz CT molecular complexity index is 573. The molecule has 23 heavy (non-hydrogen) atoms. The number of rotatable bonds is 7. The third kappa shape index (κ3) is 6.60. The van der Waals surface area contributed by atoms with E-state index < -0.39 is 36.3 Å². The molecule has 1 aromatic rings. The number of amides is 2. The topological polar surface area (TPSA) is 111 Å². The van der Waals surface area contributed by atoms with E-state index in [2.05, 4.69) is 15.4 Å². The van der Waals surface area contributed by atoms with Crippen molar-refractivity contribution in [2.45, 2.75) is 19.6 Å². The summed E-state index contributed by atoms with van der Waals surface area (Å²) in [5.74, 6) is -2.17. The molecule has 0 aliphatic carbocycles. The summed E-state index contributed by atoms with van der Waals surface area (Å²) in [4.78, 5) is 45.6. The van der Waals surface area contributed by atoms with Crippen molar-refractivity contribution in [1.82, 2.24) is 10.6 Å². The Kier molecular flexibility index (Phi) is 7.25. The Labute approximate surface area is 133 Å². The van der Waals surface area contributed by atoms with Crippen LogP contribution in [-0.2, 0) is 30.5 Å².